The number of ether oxygens (including phenoxy) is 1. The lowest BCUT2D eigenvalue weighted by Gasteiger charge is -2.54. The van der Waals surface area contributed by atoms with Crippen LogP contribution in [0.3, 0.4) is 0 Å². The number of aliphatic hydroxyl groups excluding tert-OH is 2. The van der Waals surface area contributed by atoms with Gasteiger partial charge >= 0.3 is 6.09 Å². The first-order chi connectivity index (χ1) is 15.5. The summed E-state index contributed by atoms with van der Waals surface area (Å²) in [7, 11) is 0. The number of β-lactam (4-membered cyclic amide) rings is 2. The van der Waals surface area contributed by atoms with Crippen LogP contribution in [0.2, 0.25) is 0 Å². The Kier molecular flexibility index (Phi) is 6.11. The Morgan fingerprint density at radius 1 is 0.912 bits per heavy atom. The molecule has 2 spiro atoms. The molecule has 0 radical (unpaired) electrons. The van der Waals surface area contributed by atoms with Gasteiger partial charge in [-0.1, -0.05) is 0 Å². The van der Waals surface area contributed by atoms with E-state index in [-0.39, 0.29) is 26.1 Å². The highest BCUT2D eigenvalue weighted by molar-refractivity contribution is 6.03. The molecule has 0 aromatic rings. The Bertz CT molecular complexity index is 931. The molecule has 13 nitrogen and oxygen atoms in total. The third-order valence-electron chi connectivity index (χ3n) is 6.67. The SMILES string of the molecule is C[C@@H](O)C(C(N)=O)N1CC2(CN(C(=O)OC(C)(C)C)C3(CN([C@H](C(N)=O)[C@@H](C)O)C3=O)C2)C1=O. The molecule has 3 saturated heterocycles. The minimum atomic E-state index is -1.47. The van der Waals surface area contributed by atoms with E-state index in [2.05, 4.69) is 0 Å². The zero-order valence-corrected chi connectivity index (χ0v) is 20.0. The van der Waals surface area contributed by atoms with Crippen LogP contribution in [-0.4, -0.2) is 110 Å². The summed E-state index contributed by atoms with van der Waals surface area (Å²) in [6.45, 7) is 7.34. The van der Waals surface area contributed by atoms with Crippen molar-refractivity contribution in [3.05, 3.63) is 0 Å². The molecular formula is C21H33N5O8. The average molecular weight is 484 g/mol. The topological polar surface area (TPSA) is 197 Å². The van der Waals surface area contributed by atoms with Crippen LogP contribution < -0.4 is 11.5 Å². The van der Waals surface area contributed by atoms with E-state index in [1.54, 1.807) is 20.8 Å². The van der Waals surface area contributed by atoms with Crippen molar-refractivity contribution in [2.24, 2.45) is 16.9 Å². The number of carbonyl (C=O) groups excluding carboxylic acids is 5. The van der Waals surface area contributed by atoms with Crippen LogP contribution >= 0.6 is 0 Å². The summed E-state index contributed by atoms with van der Waals surface area (Å²) in [6, 6.07) is -2.54. The van der Waals surface area contributed by atoms with Crippen molar-refractivity contribution < 1.29 is 38.9 Å². The maximum atomic E-state index is 13.4. The van der Waals surface area contributed by atoms with Gasteiger partial charge in [0.05, 0.1) is 24.2 Å². The van der Waals surface area contributed by atoms with Gasteiger partial charge in [-0.15, -0.1) is 0 Å². The molecule has 0 saturated carbocycles. The fourth-order valence-electron chi connectivity index (χ4n) is 5.33. The molecule has 3 aliphatic rings. The standard InChI is InChI=1S/C21H33N5O8/c1-10(27)12(14(22)29)24-7-20(16(24)31)6-21(26(8-20)18(33)34-19(3,4)5)9-25(17(21)32)13(11(2)28)15(23)30/h10-13,27-28H,6-9H2,1-5H3,(H2,22,29)(H2,23,30)/t10-,11-,12?,13+,20?,21?/m1/s1. The number of nitrogens with zero attached hydrogens (tertiary/aromatic N) is 3. The van der Waals surface area contributed by atoms with Crippen LogP contribution in [-0.2, 0) is 23.9 Å². The molecule has 3 rings (SSSR count). The van der Waals surface area contributed by atoms with Gasteiger partial charge in [-0.25, -0.2) is 4.79 Å². The maximum absolute atomic E-state index is 13.4. The molecule has 3 fully saturated rings. The summed E-state index contributed by atoms with van der Waals surface area (Å²) in [5, 5.41) is 19.9. The van der Waals surface area contributed by atoms with E-state index in [0.717, 1.165) is 9.80 Å². The Morgan fingerprint density at radius 3 is 1.74 bits per heavy atom. The van der Waals surface area contributed by atoms with Crippen molar-refractivity contribution in [3.63, 3.8) is 0 Å². The molecule has 6 atom stereocenters. The first-order valence-electron chi connectivity index (χ1n) is 11.0. The van der Waals surface area contributed by atoms with Gasteiger partial charge < -0.3 is 36.2 Å². The summed E-state index contributed by atoms with van der Waals surface area (Å²) < 4.78 is 5.48. The van der Waals surface area contributed by atoms with Crippen LogP contribution in [0.4, 0.5) is 4.79 Å². The molecule has 13 heteroatoms. The van der Waals surface area contributed by atoms with Gasteiger partial charge in [0.15, 0.2) is 0 Å². The van der Waals surface area contributed by atoms with Crippen LogP contribution in [0, 0.1) is 5.41 Å². The minimum Gasteiger partial charge on any atom is -0.444 e. The number of aliphatic hydroxyl groups is 2. The van der Waals surface area contributed by atoms with E-state index in [9.17, 15) is 34.2 Å². The lowest BCUT2D eigenvalue weighted by atomic mass is 9.70. The predicted octanol–water partition coefficient (Wildman–Crippen LogP) is -2.49. The number of primary amides is 2. The van der Waals surface area contributed by atoms with Gasteiger partial charge in [0.25, 0.3) is 5.91 Å². The van der Waals surface area contributed by atoms with Gasteiger partial charge in [0.2, 0.25) is 17.7 Å². The van der Waals surface area contributed by atoms with Crippen molar-refractivity contribution >= 4 is 29.7 Å². The number of rotatable bonds is 6. The minimum absolute atomic E-state index is 0.00564. The monoisotopic (exact) mass is 483 g/mol. The summed E-state index contributed by atoms with van der Waals surface area (Å²) >= 11 is 0. The maximum Gasteiger partial charge on any atom is 0.411 e. The van der Waals surface area contributed by atoms with Crippen molar-refractivity contribution in [2.75, 3.05) is 19.6 Å². The first kappa shape index (κ1) is 25.7. The highest BCUT2D eigenvalue weighted by Crippen LogP contribution is 2.53. The third-order valence-corrected chi connectivity index (χ3v) is 6.67. The van der Waals surface area contributed by atoms with Crippen molar-refractivity contribution in [2.45, 2.75) is 76.5 Å². The van der Waals surface area contributed by atoms with Crippen molar-refractivity contribution in [1.82, 2.24) is 14.7 Å². The Hall–Kier alpha value is -2.93. The quantitative estimate of drug-likeness (QED) is 0.297. The van der Waals surface area contributed by atoms with Crippen LogP contribution in [0.1, 0.15) is 41.0 Å². The number of hydrogen-bond acceptors (Lipinski definition) is 8. The average Bonchev–Trinajstić information content (AvgIpc) is 3.04. The van der Waals surface area contributed by atoms with E-state index in [1.807, 2.05) is 0 Å². The molecule has 3 unspecified atom stereocenters. The highest BCUT2D eigenvalue weighted by atomic mass is 16.6. The molecule has 5 amide bonds. The summed E-state index contributed by atoms with van der Waals surface area (Å²) in [6.07, 6.45) is -3.33. The van der Waals surface area contributed by atoms with E-state index in [1.165, 1.54) is 18.7 Å². The van der Waals surface area contributed by atoms with Gasteiger partial charge in [-0.05, 0) is 41.0 Å². The van der Waals surface area contributed by atoms with Crippen molar-refractivity contribution in [1.29, 1.82) is 0 Å². The molecule has 0 aliphatic carbocycles. The Labute approximate surface area is 196 Å². The van der Waals surface area contributed by atoms with E-state index >= 15 is 0 Å². The second-order valence-corrected chi connectivity index (χ2v) is 10.6. The highest BCUT2D eigenvalue weighted by Gasteiger charge is 2.73. The molecule has 0 bridgehead atoms. The van der Waals surface area contributed by atoms with Crippen LogP contribution in [0.25, 0.3) is 0 Å². The molecular weight excluding hydrogens is 450 g/mol. The summed E-state index contributed by atoms with van der Waals surface area (Å²) in [4.78, 5) is 66.8. The molecule has 0 aromatic heterocycles. The molecule has 34 heavy (non-hydrogen) atoms. The second-order valence-electron chi connectivity index (χ2n) is 10.6. The lowest BCUT2D eigenvalue weighted by Crippen LogP contribution is -2.77. The normalized spacial score (nSPS) is 30.0. The molecule has 6 N–H and O–H groups in total. The van der Waals surface area contributed by atoms with Gasteiger partial charge in [0, 0.05) is 13.1 Å². The van der Waals surface area contributed by atoms with Crippen LogP contribution in [0.15, 0.2) is 0 Å². The number of carbonyl (C=O) groups is 5. The molecule has 190 valence electrons. The molecule has 3 heterocycles. The largest absolute Gasteiger partial charge is 0.444 e. The van der Waals surface area contributed by atoms with E-state index in [4.69, 9.17) is 16.2 Å². The zero-order valence-electron chi connectivity index (χ0n) is 20.0. The summed E-state index contributed by atoms with van der Waals surface area (Å²) in [5.74, 6) is -2.92. The summed E-state index contributed by atoms with van der Waals surface area (Å²) in [5.41, 5.74) is 7.19. The fourth-order valence-corrected chi connectivity index (χ4v) is 5.33. The lowest BCUT2D eigenvalue weighted by molar-refractivity contribution is -0.175. The van der Waals surface area contributed by atoms with Gasteiger partial charge in [0.1, 0.15) is 23.2 Å². The fraction of sp³-hybridized carbons (Fsp3) is 0.762. The Balaban J connectivity index is 1.93. The predicted molar refractivity (Wildman–Crippen MR) is 115 cm³/mol. The first-order valence-corrected chi connectivity index (χ1v) is 11.0. The smallest absolute Gasteiger partial charge is 0.411 e. The van der Waals surface area contributed by atoms with Gasteiger partial charge in [-0.2, -0.15) is 0 Å². The van der Waals surface area contributed by atoms with E-state index in [0.29, 0.717) is 0 Å². The molecule has 0 aromatic carbocycles. The third kappa shape index (κ3) is 3.86. The number of nitrogens with two attached hydrogens (primary N) is 2. The van der Waals surface area contributed by atoms with E-state index < -0.39 is 70.6 Å². The molecule has 3 aliphatic heterocycles. The van der Waals surface area contributed by atoms with Crippen LogP contribution in [0.5, 0.6) is 0 Å². The number of likely N-dealkylation sites (tertiary alicyclic amines) is 3. The second kappa shape index (κ2) is 8.08. The van der Waals surface area contributed by atoms with Crippen molar-refractivity contribution in [3.8, 4) is 0 Å². The van der Waals surface area contributed by atoms with Gasteiger partial charge in [-0.3, -0.25) is 24.1 Å². The zero-order chi connectivity index (χ0) is 26.0. The Morgan fingerprint density at radius 2 is 1.38 bits per heavy atom. The number of hydrogen-bond donors (Lipinski definition) is 4. The number of amides is 5.